The van der Waals surface area contributed by atoms with Gasteiger partial charge in [0, 0.05) is 29.6 Å². The molecular weight excluding hydrogens is 376 g/mol. The average Bonchev–Trinajstić information content (AvgIpc) is 2.99. The molecule has 0 aliphatic heterocycles. The lowest BCUT2D eigenvalue weighted by molar-refractivity contribution is -0.121. The number of nitrogens with zero attached hydrogens (tertiary/aromatic N) is 1. The SMILES string of the molecule is CCOC(=O)c1cc(C)n(CC(=O)NCc2cc(OC)c(OC)cc2OC)c1C. The van der Waals surface area contributed by atoms with E-state index >= 15 is 0 Å². The molecule has 0 aliphatic carbocycles. The molecule has 0 bridgehead atoms. The van der Waals surface area contributed by atoms with E-state index in [1.807, 2.05) is 6.92 Å². The number of ether oxygens (including phenoxy) is 4. The van der Waals surface area contributed by atoms with Crippen molar-refractivity contribution in [3.63, 3.8) is 0 Å². The number of benzene rings is 1. The van der Waals surface area contributed by atoms with Gasteiger partial charge in [0.05, 0.1) is 33.5 Å². The summed E-state index contributed by atoms with van der Waals surface area (Å²) in [5.41, 5.74) is 2.73. The molecule has 1 aromatic heterocycles. The van der Waals surface area contributed by atoms with Crippen molar-refractivity contribution >= 4 is 11.9 Å². The highest BCUT2D eigenvalue weighted by Gasteiger charge is 2.18. The van der Waals surface area contributed by atoms with Crippen molar-refractivity contribution in [1.82, 2.24) is 9.88 Å². The van der Waals surface area contributed by atoms with Gasteiger partial charge in [0.15, 0.2) is 11.5 Å². The lowest BCUT2D eigenvalue weighted by atomic mass is 10.1. The van der Waals surface area contributed by atoms with E-state index < -0.39 is 0 Å². The van der Waals surface area contributed by atoms with Gasteiger partial charge < -0.3 is 28.8 Å². The first-order valence-corrected chi connectivity index (χ1v) is 9.25. The van der Waals surface area contributed by atoms with Crippen LogP contribution in [0.3, 0.4) is 0 Å². The Hall–Kier alpha value is -3.16. The molecule has 0 aliphatic rings. The minimum atomic E-state index is -0.387. The van der Waals surface area contributed by atoms with E-state index in [1.54, 1.807) is 57.9 Å². The van der Waals surface area contributed by atoms with Crippen LogP contribution in [0.1, 0.15) is 34.2 Å². The molecule has 0 radical (unpaired) electrons. The molecule has 8 heteroatoms. The quantitative estimate of drug-likeness (QED) is 0.647. The van der Waals surface area contributed by atoms with E-state index in [4.69, 9.17) is 18.9 Å². The van der Waals surface area contributed by atoms with Crippen molar-refractivity contribution in [2.75, 3.05) is 27.9 Å². The normalized spacial score (nSPS) is 10.4. The van der Waals surface area contributed by atoms with Crippen molar-refractivity contribution in [3.05, 3.63) is 40.7 Å². The van der Waals surface area contributed by atoms with Gasteiger partial charge >= 0.3 is 5.97 Å². The molecule has 0 saturated heterocycles. The van der Waals surface area contributed by atoms with E-state index in [0.29, 0.717) is 35.1 Å². The number of aromatic nitrogens is 1. The summed E-state index contributed by atoms with van der Waals surface area (Å²) in [5.74, 6) is 1.10. The van der Waals surface area contributed by atoms with Crippen molar-refractivity contribution in [1.29, 1.82) is 0 Å². The van der Waals surface area contributed by atoms with Gasteiger partial charge in [-0.3, -0.25) is 4.79 Å². The lowest BCUT2D eigenvalue weighted by Gasteiger charge is -2.15. The fourth-order valence-electron chi connectivity index (χ4n) is 3.08. The van der Waals surface area contributed by atoms with Crippen LogP contribution in [0.15, 0.2) is 18.2 Å². The molecule has 29 heavy (non-hydrogen) atoms. The number of carbonyl (C=O) groups excluding carboxylic acids is 2. The molecule has 1 aromatic carbocycles. The van der Waals surface area contributed by atoms with Gasteiger partial charge in [0.25, 0.3) is 0 Å². The molecule has 0 atom stereocenters. The molecule has 0 saturated carbocycles. The number of hydrogen-bond acceptors (Lipinski definition) is 6. The summed E-state index contributed by atoms with van der Waals surface area (Å²) in [6, 6.07) is 5.22. The second-order valence-electron chi connectivity index (χ2n) is 6.39. The standard InChI is InChI=1S/C21H28N2O6/c1-7-29-21(25)16-8-13(2)23(14(16)3)12-20(24)22-11-15-9-18(27-5)19(28-6)10-17(15)26-4/h8-10H,7,11-12H2,1-6H3,(H,22,24). The van der Waals surface area contributed by atoms with E-state index in [9.17, 15) is 9.59 Å². The predicted molar refractivity (Wildman–Crippen MR) is 108 cm³/mol. The number of aryl methyl sites for hydroxylation is 1. The highest BCUT2D eigenvalue weighted by Crippen LogP contribution is 2.34. The fourth-order valence-corrected chi connectivity index (χ4v) is 3.08. The van der Waals surface area contributed by atoms with Crippen molar-refractivity contribution in [3.8, 4) is 17.2 Å². The maximum Gasteiger partial charge on any atom is 0.339 e. The van der Waals surface area contributed by atoms with E-state index in [-0.39, 0.29) is 25.0 Å². The van der Waals surface area contributed by atoms with Crippen LogP contribution in [-0.2, 0) is 22.6 Å². The van der Waals surface area contributed by atoms with Gasteiger partial charge in [-0.25, -0.2) is 4.79 Å². The van der Waals surface area contributed by atoms with Crippen molar-refractivity contribution in [2.45, 2.75) is 33.9 Å². The first kappa shape index (κ1) is 22.1. The summed E-state index contributed by atoms with van der Waals surface area (Å²) in [6.07, 6.45) is 0. The smallest absolute Gasteiger partial charge is 0.339 e. The molecule has 158 valence electrons. The minimum Gasteiger partial charge on any atom is -0.496 e. The number of amides is 1. The summed E-state index contributed by atoms with van der Waals surface area (Å²) in [4.78, 5) is 24.6. The van der Waals surface area contributed by atoms with E-state index in [1.165, 1.54) is 0 Å². The van der Waals surface area contributed by atoms with Crippen LogP contribution in [0.5, 0.6) is 17.2 Å². The Morgan fingerprint density at radius 3 is 2.17 bits per heavy atom. The third-order valence-corrected chi connectivity index (χ3v) is 4.63. The Morgan fingerprint density at radius 1 is 0.966 bits per heavy atom. The summed E-state index contributed by atoms with van der Waals surface area (Å²) >= 11 is 0. The molecule has 2 rings (SSSR count). The topological polar surface area (TPSA) is 88.0 Å². The Bertz CT molecular complexity index is 888. The number of rotatable bonds is 9. The lowest BCUT2D eigenvalue weighted by Crippen LogP contribution is -2.28. The number of esters is 1. The Labute approximate surface area is 170 Å². The molecule has 1 N–H and O–H groups in total. The van der Waals surface area contributed by atoms with Crippen molar-refractivity contribution in [2.24, 2.45) is 0 Å². The first-order chi connectivity index (χ1) is 13.9. The zero-order valence-corrected chi connectivity index (χ0v) is 17.8. The van der Waals surface area contributed by atoms with Gasteiger partial charge in [-0.15, -0.1) is 0 Å². The first-order valence-electron chi connectivity index (χ1n) is 9.25. The molecule has 0 fully saturated rings. The third-order valence-electron chi connectivity index (χ3n) is 4.63. The third kappa shape index (κ3) is 5.01. The molecular formula is C21H28N2O6. The maximum atomic E-state index is 12.5. The zero-order valence-electron chi connectivity index (χ0n) is 17.8. The number of hydrogen-bond donors (Lipinski definition) is 1. The monoisotopic (exact) mass is 404 g/mol. The average molecular weight is 404 g/mol. The molecule has 1 amide bonds. The molecule has 0 unspecified atom stereocenters. The fraction of sp³-hybridized carbons (Fsp3) is 0.429. The maximum absolute atomic E-state index is 12.5. The van der Waals surface area contributed by atoms with Crippen LogP contribution in [-0.4, -0.2) is 44.4 Å². The molecule has 2 aromatic rings. The van der Waals surface area contributed by atoms with Crippen molar-refractivity contribution < 1.29 is 28.5 Å². The van der Waals surface area contributed by atoms with Gasteiger partial charge in [-0.1, -0.05) is 0 Å². The highest BCUT2D eigenvalue weighted by atomic mass is 16.5. The Morgan fingerprint density at radius 2 is 1.59 bits per heavy atom. The van der Waals surface area contributed by atoms with Crippen LogP contribution < -0.4 is 19.5 Å². The second-order valence-corrected chi connectivity index (χ2v) is 6.39. The van der Waals surface area contributed by atoms with Crippen LogP contribution in [0.2, 0.25) is 0 Å². The van der Waals surface area contributed by atoms with Gasteiger partial charge in [-0.2, -0.15) is 0 Å². The van der Waals surface area contributed by atoms with Crippen LogP contribution in [0.4, 0.5) is 0 Å². The molecule has 8 nitrogen and oxygen atoms in total. The number of carbonyl (C=O) groups is 2. The van der Waals surface area contributed by atoms with Gasteiger partial charge in [-0.05, 0) is 32.9 Å². The summed E-state index contributed by atoms with van der Waals surface area (Å²) in [7, 11) is 4.65. The zero-order chi connectivity index (χ0) is 21.6. The summed E-state index contributed by atoms with van der Waals surface area (Å²) in [6.45, 7) is 6.05. The van der Waals surface area contributed by atoms with Crippen LogP contribution in [0.25, 0.3) is 0 Å². The number of nitrogens with one attached hydrogen (secondary N) is 1. The Balaban J connectivity index is 2.12. The second kappa shape index (κ2) is 9.86. The van der Waals surface area contributed by atoms with E-state index in [0.717, 1.165) is 11.3 Å². The highest BCUT2D eigenvalue weighted by molar-refractivity contribution is 5.91. The molecule has 1 heterocycles. The van der Waals surface area contributed by atoms with E-state index in [2.05, 4.69) is 5.32 Å². The largest absolute Gasteiger partial charge is 0.496 e. The minimum absolute atomic E-state index is 0.0900. The predicted octanol–water partition coefficient (Wildman–Crippen LogP) is 2.62. The molecule has 0 spiro atoms. The van der Waals surface area contributed by atoms with Gasteiger partial charge in [0.1, 0.15) is 12.3 Å². The summed E-state index contributed by atoms with van der Waals surface area (Å²) < 4.78 is 22.8. The van der Waals surface area contributed by atoms with Crippen LogP contribution in [0, 0.1) is 13.8 Å². The van der Waals surface area contributed by atoms with Gasteiger partial charge in [0.2, 0.25) is 5.91 Å². The Kier molecular flexibility index (Phi) is 7.52. The van der Waals surface area contributed by atoms with Crippen LogP contribution >= 0.6 is 0 Å². The summed E-state index contributed by atoms with van der Waals surface area (Å²) in [5, 5.41) is 2.88. The number of methoxy groups -OCH3 is 3.